The van der Waals surface area contributed by atoms with Crippen LogP contribution in [0.5, 0.6) is 0 Å². The maximum Gasteiger partial charge on any atom is 0.339 e. The molecular weight excluding hydrogens is 328 g/mol. The first kappa shape index (κ1) is 18.3. The van der Waals surface area contributed by atoms with Crippen LogP contribution < -0.4 is 0 Å². The number of Topliss-reactive ketones (excluding diaryl/α,β-unsaturated/α-hetero) is 1. The van der Waals surface area contributed by atoms with Crippen LogP contribution in [0.4, 0.5) is 0 Å². The molecule has 0 radical (unpaired) electrons. The SMILES string of the molecule is COC(=O)c1c(C)[nH]c(C(=O)[C@@H](C)Sc2n[nH]c(C(C)C)n2)c1C. The molecule has 130 valence electrons. The van der Waals surface area contributed by atoms with Crippen LogP contribution in [0.3, 0.4) is 0 Å². The number of ether oxygens (including phenoxy) is 1. The molecule has 0 aliphatic heterocycles. The van der Waals surface area contributed by atoms with E-state index in [1.165, 1.54) is 18.9 Å². The van der Waals surface area contributed by atoms with Gasteiger partial charge in [0.05, 0.1) is 23.6 Å². The Hall–Kier alpha value is -2.09. The quantitative estimate of drug-likeness (QED) is 0.472. The molecule has 2 aromatic rings. The molecule has 8 heteroatoms. The largest absolute Gasteiger partial charge is 0.465 e. The molecule has 2 N–H and O–H groups in total. The Kier molecular flexibility index (Phi) is 5.48. The molecule has 0 amide bonds. The van der Waals surface area contributed by atoms with Gasteiger partial charge >= 0.3 is 5.97 Å². The molecule has 7 nitrogen and oxygen atoms in total. The Morgan fingerprint density at radius 2 is 1.88 bits per heavy atom. The second-order valence-electron chi connectivity index (χ2n) is 5.90. The zero-order chi connectivity index (χ0) is 18.0. The summed E-state index contributed by atoms with van der Waals surface area (Å²) in [7, 11) is 1.32. The number of thioether (sulfide) groups is 1. The topological polar surface area (TPSA) is 101 Å². The maximum absolute atomic E-state index is 12.7. The van der Waals surface area contributed by atoms with Crippen LogP contribution in [-0.2, 0) is 4.74 Å². The lowest BCUT2D eigenvalue weighted by Crippen LogP contribution is -2.15. The number of hydrogen-bond donors (Lipinski definition) is 2. The molecule has 0 spiro atoms. The van der Waals surface area contributed by atoms with Gasteiger partial charge in [-0.15, -0.1) is 5.10 Å². The number of methoxy groups -OCH3 is 1. The molecular formula is C16H22N4O3S. The summed E-state index contributed by atoms with van der Waals surface area (Å²) in [6.07, 6.45) is 0. The average Bonchev–Trinajstić information content (AvgIpc) is 3.10. The van der Waals surface area contributed by atoms with E-state index in [0.717, 1.165) is 5.82 Å². The number of nitrogens with zero attached hydrogens (tertiary/aromatic N) is 2. The van der Waals surface area contributed by atoms with E-state index in [4.69, 9.17) is 4.74 Å². The number of hydrogen-bond acceptors (Lipinski definition) is 6. The van der Waals surface area contributed by atoms with E-state index in [1.54, 1.807) is 20.8 Å². The molecule has 1 atom stereocenters. The Morgan fingerprint density at radius 1 is 1.21 bits per heavy atom. The third kappa shape index (κ3) is 3.53. The molecule has 0 aromatic carbocycles. The van der Waals surface area contributed by atoms with Crippen LogP contribution in [0.2, 0.25) is 0 Å². The van der Waals surface area contributed by atoms with Crippen molar-refractivity contribution in [2.45, 2.75) is 50.9 Å². The molecule has 2 heterocycles. The molecule has 0 unspecified atom stereocenters. The minimum atomic E-state index is -0.448. The highest BCUT2D eigenvalue weighted by Crippen LogP contribution is 2.26. The van der Waals surface area contributed by atoms with Crippen LogP contribution in [0.15, 0.2) is 5.16 Å². The van der Waals surface area contributed by atoms with Crippen molar-refractivity contribution in [1.29, 1.82) is 0 Å². The highest BCUT2D eigenvalue weighted by molar-refractivity contribution is 8.00. The van der Waals surface area contributed by atoms with Gasteiger partial charge in [0.2, 0.25) is 5.16 Å². The van der Waals surface area contributed by atoms with Gasteiger partial charge in [0.1, 0.15) is 5.82 Å². The second kappa shape index (κ2) is 7.21. The zero-order valence-corrected chi connectivity index (χ0v) is 15.5. The molecule has 2 aromatic heterocycles. The fourth-order valence-corrected chi connectivity index (χ4v) is 3.18. The van der Waals surface area contributed by atoms with Crippen LogP contribution in [-0.4, -0.2) is 44.3 Å². The van der Waals surface area contributed by atoms with E-state index in [2.05, 4.69) is 20.2 Å². The van der Waals surface area contributed by atoms with Gasteiger partial charge in [0.15, 0.2) is 5.78 Å². The maximum atomic E-state index is 12.7. The van der Waals surface area contributed by atoms with Gasteiger partial charge in [-0.2, -0.15) is 0 Å². The van der Waals surface area contributed by atoms with Crippen molar-refractivity contribution in [3.8, 4) is 0 Å². The van der Waals surface area contributed by atoms with Crippen LogP contribution in [0.1, 0.15) is 64.6 Å². The van der Waals surface area contributed by atoms with E-state index in [0.29, 0.717) is 27.7 Å². The van der Waals surface area contributed by atoms with Crippen molar-refractivity contribution < 1.29 is 14.3 Å². The van der Waals surface area contributed by atoms with Crippen molar-refractivity contribution >= 4 is 23.5 Å². The van der Waals surface area contributed by atoms with Crippen molar-refractivity contribution in [2.24, 2.45) is 0 Å². The third-order valence-electron chi connectivity index (χ3n) is 3.75. The Balaban J connectivity index is 2.20. The summed E-state index contributed by atoms with van der Waals surface area (Å²) in [5.41, 5.74) is 2.07. The summed E-state index contributed by atoms with van der Waals surface area (Å²) in [6.45, 7) is 9.32. The molecule has 0 saturated carbocycles. The number of H-pyrrole nitrogens is 2. The first-order valence-electron chi connectivity index (χ1n) is 7.66. The van der Waals surface area contributed by atoms with Gasteiger partial charge in [0.25, 0.3) is 0 Å². The third-order valence-corrected chi connectivity index (χ3v) is 4.71. The van der Waals surface area contributed by atoms with Crippen molar-refractivity contribution in [1.82, 2.24) is 20.2 Å². The highest BCUT2D eigenvalue weighted by atomic mass is 32.2. The van der Waals surface area contributed by atoms with Crippen LogP contribution >= 0.6 is 11.8 Å². The molecule has 2 rings (SSSR count). The monoisotopic (exact) mass is 350 g/mol. The summed E-state index contributed by atoms with van der Waals surface area (Å²) in [5, 5.41) is 7.15. The molecule has 24 heavy (non-hydrogen) atoms. The van der Waals surface area contributed by atoms with E-state index >= 15 is 0 Å². The lowest BCUT2D eigenvalue weighted by molar-refractivity contribution is 0.0599. The number of carbonyl (C=O) groups excluding carboxylic acids is 2. The number of carbonyl (C=O) groups is 2. The first-order valence-corrected chi connectivity index (χ1v) is 8.54. The summed E-state index contributed by atoms with van der Waals surface area (Å²) in [6, 6.07) is 0. The van der Waals surface area contributed by atoms with Gasteiger partial charge in [-0.1, -0.05) is 25.6 Å². The molecule has 0 aliphatic carbocycles. The summed E-state index contributed by atoms with van der Waals surface area (Å²) < 4.78 is 4.77. The predicted octanol–water partition coefficient (Wildman–Crippen LogP) is 3.02. The van der Waals surface area contributed by atoms with E-state index in [1.807, 2.05) is 13.8 Å². The molecule has 0 fully saturated rings. The van der Waals surface area contributed by atoms with E-state index in [9.17, 15) is 9.59 Å². The Labute approximate surface area is 145 Å². The summed E-state index contributed by atoms with van der Waals surface area (Å²) >= 11 is 1.28. The van der Waals surface area contributed by atoms with Crippen molar-refractivity contribution in [3.63, 3.8) is 0 Å². The first-order chi connectivity index (χ1) is 11.3. The van der Waals surface area contributed by atoms with Gasteiger partial charge in [-0.3, -0.25) is 9.89 Å². The van der Waals surface area contributed by atoms with Gasteiger partial charge in [-0.05, 0) is 26.3 Å². The number of ketones is 1. The van der Waals surface area contributed by atoms with Gasteiger partial charge in [-0.25, -0.2) is 9.78 Å². The van der Waals surface area contributed by atoms with Crippen molar-refractivity contribution in [2.75, 3.05) is 7.11 Å². The fourth-order valence-electron chi connectivity index (χ4n) is 2.39. The number of aromatic amines is 2. The highest BCUT2D eigenvalue weighted by Gasteiger charge is 2.26. The summed E-state index contributed by atoms with van der Waals surface area (Å²) in [5.74, 6) is 0.480. The Morgan fingerprint density at radius 3 is 2.42 bits per heavy atom. The normalized spacial score (nSPS) is 12.5. The standard InChI is InChI=1S/C16H22N4O3S/c1-7(2)14-18-16(20-19-14)24-10(5)13(21)12-8(3)11(9(4)17-12)15(22)23-6/h7,10,17H,1-6H3,(H,18,19,20)/t10-/m1/s1. The van der Waals surface area contributed by atoms with Crippen LogP contribution in [0, 0.1) is 13.8 Å². The molecule has 0 saturated heterocycles. The smallest absolute Gasteiger partial charge is 0.339 e. The Bertz CT molecular complexity index is 763. The minimum Gasteiger partial charge on any atom is -0.465 e. The lowest BCUT2D eigenvalue weighted by atomic mass is 10.1. The summed E-state index contributed by atoms with van der Waals surface area (Å²) in [4.78, 5) is 31.9. The average molecular weight is 350 g/mol. The molecule has 0 aliphatic rings. The number of esters is 1. The molecule has 0 bridgehead atoms. The second-order valence-corrected chi connectivity index (χ2v) is 7.21. The van der Waals surface area contributed by atoms with Crippen molar-refractivity contribution in [3.05, 3.63) is 28.3 Å². The van der Waals surface area contributed by atoms with Gasteiger partial charge < -0.3 is 9.72 Å². The predicted molar refractivity (Wildman–Crippen MR) is 91.7 cm³/mol. The fraction of sp³-hybridized carbons (Fsp3) is 0.500. The zero-order valence-electron chi connectivity index (χ0n) is 14.7. The van der Waals surface area contributed by atoms with E-state index in [-0.39, 0.29) is 17.0 Å². The minimum absolute atomic E-state index is 0.105. The van der Waals surface area contributed by atoms with E-state index < -0.39 is 5.97 Å². The number of nitrogens with one attached hydrogen (secondary N) is 2. The lowest BCUT2D eigenvalue weighted by Gasteiger charge is -2.07. The number of aryl methyl sites for hydroxylation is 1. The number of aromatic nitrogens is 4. The van der Waals surface area contributed by atoms with Gasteiger partial charge in [0, 0.05) is 11.6 Å². The van der Waals surface area contributed by atoms with Crippen LogP contribution in [0.25, 0.3) is 0 Å². The number of rotatable bonds is 6.